The minimum absolute atomic E-state index is 0.122. The standard InChI is InChI=1S/C16H21FO4/c1-10(2)20-15(18)14(16(19)21-11(3)4)9-12-5-7-13(17)8-6-12/h5-8,10-11,14H,9H2,1-4H3. The summed E-state index contributed by atoms with van der Waals surface area (Å²) >= 11 is 0. The van der Waals surface area contributed by atoms with Gasteiger partial charge >= 0.3 is 11.9 Å². The Morgan fingerprint density at radius 2 is 1.38 bits per heavy atom. The second kappa shape index (κ2) is 7.76. The highest BCUT2D eigenvalue weighted by atomic mass is 19.1. The van der Waals surface area contributed by atoms with E-state index in [1.54, 1.807) is 27.7 Å². The van der Waals surface area contributed by atoms with Crippen LogP contribution in [0.5, 0.6) is 0 Å². The molecule has 0 heterocycles. The summed E-state index contributed by atoms with van der Waals surface area (Å²) in [5, 5.41) is 0. The summed E-state index contributed by atoms with van der Waals surface area (Å²) in [4.78, 5) is 24.1. The maximum atomic E-state index is 12.9. The van der Waals surface area contributed by atoms with Crippen molar-refractivity contribution >= 4 is 11.9 Å². The predicted molar refractivity (Wildman–Crippen MR) is 76.1 cm³/mol. The van der Waals surface area contributed by atoms with Crippen LogP contribution in [-0.2, 0) is 25.5 Å². The predicted octanol–water partition coefficient (Wildman–Crippen LogP) is 2.89. The zero-order valence-electron chi connectivity index (χ0n) is 12.8. The molecule has 0 N–H and O–H groups in total. The SMILES string of the molecule is CC(C)OC(=O)C(Cc1ccc(F)cc1)C(=O)OC(C)C. The third kappa shape index (κ3) is 5.94. The van der Waals surface area contributed by atoms with Crippen LogP contribution in [-0.4, -0.2) is 24.1 Å². The number of benzene rings is 1. The molecule has 0 aliphatic heterocycles. The molecule has 0 amide bonds. The van der Waals surface area contributed by atoms with Crippen LogP contribution in [0.1, 0.15) is 33.3 Å². The van der Waals surface area contributed by atoms with Gasteiger partial charge in [-0.25, -0.2) is 4.39 Å². The Bertz CT molecular complexity index is 458. The highest BCUT2D eigenvalue weighted by Gasteiger charge is 2.31. The molecule has 0 spiro atoms. The van der Waals surface area contributed by atoms with Gasteiger partial charge in [0.2, 0.25) is 0 Å². The number of ether oxygens (including phenoxy) is 2. The van der Waals surface area contributed by atoms with Crippen LogP contribution in [0.4, 0.5) is 4.39 Å². The molecular weight excluding hydrogens is 275 g/mol. The number of halogens is 1. The first-order valence-corrected chi connectivity index (χ1v) is 6.95. The average Bonchev–Trinajstić information content (AvgIpc) is 2.36. The molecule has 0 aromatic heterocycles. The summed E-state index contributed by atoms with van der Waals surface area (Å²) in [6.45, 7) is 6.84. The normalized spacial score (nSPS) is 11.0. The van der Waals surface area contributed by atoms with E-state index in [-0.39, 0.29) is 24.4 Å². The number of hydrogen-bond acceptors (Lipinski definition) is 4. The second-order valence-corrected chi connectivity index (χ2v) is 5.35. The molecule has 5 heteroatoms. The Morgan fingerprint density at radius 3 is 1.76 bits per heavy atom. The van der Waals surface area contributed by atoms with Crippen LogP contribution in [0.3, 0.4) is 0 Å². The van der Waals surface area contributed by atoms with Crippen LogP contribution >= 0.6 is 0 Å². The topological polar surface area (TPSA) is 52.6 Å². The fraction of sp³-hybridized carbons (Fsp3) is 0.500. The summed E-state index contributed by atoms with van der Waals surface area (Å²) in [6.07, 6.45) is -0.516. The summed E-state index contributed by atoms with van der Waals surface area (Å²) in [5.74, 6) is -2.66. The van der Waals surface area contributed by atoms with Gasteiger partial charge in [-0.2, -0.15) is 0 Å². The first-order valence-electron chi connectivity index (χ1n) is 6.95. The van der Waals surface area contributed by atoms with Crippen molar-refractivity contribution in [3.05, 3.63) is 35.6 Å². The first kappa shape index (κ1) is 17.1. The smallest absolute Gasteiger partial charge is 0.320 e. The molecule has 1 aromatic rings. The van der Waals surface area contributed by atoms with E-state index in [9.17, 15) is 14.0 Å². The lowest BCUT2D eigenvalue weighted by Crippen LogP contribution is -2.32. The number of carbonyl (C=O) groups is 2. The highest BCUT2D eigenvalue weighted by Crippen LogP contribution is 2.15. The maximum absolute atomic E-state index is 12.9. The Labute approximate surface area is 124 Å². The van der Waals surface area contributed by atoms with Gasteiger partial charge in [0, 0.05) is 0 Å². The molecule has 0 unspecified atom stereocenters. The third-order valence-electron chi connectivity index (χ3n) is 2.63. The van der Waals surface area contributed by atoms with Crippen molar-refractivity contribution in [2.45, 2.75) is 46.3 Å². The van der Waals surface area contributed by atoms with E-state index in [4.69, 9.17) is 9.47 Å². The van der Waals surface area contributed by atoms with Crippen molar-refractivity contribution < 1.29 is 23.5 Å². The molecule has 0 bridgehead atoms. The highest BCUT2D eigenvalue weighted by molar-refractivity contribution is 5.95. The van der Waals surface area contributed by atoms with E-state index in [2.05, 4.69) is 0 Å². The quantitative estimate of drug-likeness (QED) is 0.598. The Kier molecular flexibility index (Phi) is 6.34. The van der Waals surface area contributed by atoms with Gasteiger partial charge in [-0.05, 0) is 51.8 Å². The average molecular weight is 296 g/mol. The fourth-order valence-electron chi connectivity index (χ4n) is 1.75. The molecule has 4 nitrogen and oxygen atoms in total. The minimum atomic E-state index is -1.04. The summed E-state index contributed by atoms with van der Waals surface area (Å²) in [5.41, 5.74) is 0.669. The Hall–Kier alpha value is -1.91. The van der Waals surface area contributed by atoms with Crippen LogP contribution in [0.25, 0.3) is 0 Å². The number of hydrogen-bond donors (Lipinski definition) is 0. The van der Waals surface area contributed by atoms with E-state index in [1.165, 1.54) is 24.3 Å². The fourth-order valence-corrected chi connectivity index (χ4v) is 1.75. The van der Waals surface area contributed by atoms with E-state index in [0.29, 0.717) is 5.56 Å². The van der Waals surface area contributed by atoms with E-state index < -0.39 is 17.9 Å². The van der Waals surface area contributed by atoms with Crippen molar-refractivity contribution in [2.75, 3.05) is 0 Å². The van der Waals surface area contributed by atoms with Crippen LogP contribution in [0, 0.1) is 11.7 Å². The third-order valence-corrected chi connectivity index (χ3v) is 2.63. The molecule has 0 saturated carbocycles. The van der Waals surface area contributed by atoms with Crippen LogP contribution < -0.4 is 0 Å². The van der Waals surface area contributed by atoms with Crippen LogP contribution in [0.15, 0.2) is 24.3 Å². The maximum Gasteiger partial charge on any atom is 0.320 e. The molecule has 0 radical (unpaired) electrons. The molecule has 0 fully saturated rings. The van der Waals surface area contributed by atoms with Crippen LogP contribution in [0.2, 0.25) is 0 Å². The van der Waals surface area contributed by atoms with Gasteiger partial charge in [0.25, 0.3) is 0 Å². The summed E-state index contributed by atoms with van der Waals surface area (Å²) < 4.78 is 23.1. The number of esters is 2. The van der Waals surface area contributed by atoms with Crippen molar-refractivity contribution in [1.82, 2.24) is 0 Å². The molecule has 1 rings (SSSR count). The van der Waals surface area contributed by atoms with Crippen molar-refractivity contribution in [3.63, 3.8) is 0 Å². The lowest BCUT2D eigenvalue weighted by Gasteiger charge is -2.18. The van der Waals surface area contributed by atoms with Crippen molar-refractivity contribution in [1.29, 1.82) is 0 Å². The van der Waals surface area contributed by atoms with Crippen molar-refractivity contribution in [3.8, 4) is 0 Å². The monoisotopic (exact) mass is 296 g/mol. The zero-order valence-corrected chi connectivity index (χ0v) is 12.8. The summed E-state index contributed by atoms with van der Waals surface area (Å²) in [6, 6.07) is 5.64. The molecule has 116 valence electrons. The van der Waals surface area contributed by atoms with Gasteiger partial charge in [0.05, 0.1) is 12.2 Å². The molecular formula is C16H21FO4. The molecule has 0 atom stereocenters. The van der Waals surface area contributed by atoms with Crippen molar-refractivity contribution in [2.24, 2.45) is 5.92 Å². The first-order chi connectivity index (χ1) is 9.79. The molecule has 0 aliphatic carbocycles. The van der Waals surface area contributed by atoms with Gasteiger partial charge in [-0.1, -0.05) is 12.1 Å². The molecule has 21 heavy (non-hydrogen) atoms. The van der Waals surface area contributed by atoms with E-state index >= 15 is 0 Å². The van der Waals surface area contributed by atoms with Gasteiger partial charge in [-0.15, -0.1) is 0 Å². The minimum Gasteiger partial charge on any atom is -0.462 e. The van der Waals surface area contributed by atoms with Gasteiger partial charge in [0.1, 0.15) is 5.82 Å². The molecule has 0 aliphatic rings. The Balaban J connectivity index is 2.87. The molecule has 1 aromatic carbocycles. The largest absolute Gasteiger partial charge is 0.462 e. The van der Waals surface area contributed by atoms with Gasteiger partial charge in [-0.3, -0.25) is 9.59 Å². The Morgan fingerprint density at radius 1 is 0.952 bits per heavy atom. The summed E-state index contributed by atoms with van der Waals surface area (Å²) in [7, 11) is 0. The van der Waals surface area contributed by atoms with Gasteiger partial charge in [0.15, 0.2) is 5.92 Å². The zero-order chi connectivity index (χ0) is 16.0. The number of carbonyl (C=O) groups excluding carboxylic acids is 2. The molecule has 0 saturated heterocycles. The van der Waals surface area contributed by atoms with Gasteiger partial charge < -0.3 is 9.47 Å². The second-order valence-electron chi connectivity index (χ2n) is 5.35. The van der Waals surface area contributed by atoms with E-state index in [1.807, 2.05) is 0 Å². The lowest BCUT2D eigenvalue weighted by molar-refractivity contribution is -0.166. The van der Waals surface area contributed by atoms with E-state index in [0.717, 1.165) is 0 Å². The number of rotatable bonds is 6. The lowest BCUT2D eigenvalue weighted by atomic mass is 9.99.